The van der Waals surface area contributed by atoms with Crippen LogP contribution in [0, 0.1) is 0 Å². The summed E-state index contributed by atoms with van der Waals surface area (Å²) in [4.78, 5) is 11.6. The molecule has 0 bridgehead atoms. The number of alkyl carbamates (subject to hydrolysis) is 1. The number of aromatic nitrogens is 1. The van der Waals surface area contributed by atoms with Gasteiger partial charge in [0.05, 0.1) is 5.54 Å². The summed E-state index contributed by atoms with van der Waals surface area (Å²) >= 11 is 3.19. The lowest BCUT2D eigenvalue weighted by molar-refractivity contribution is 0.0455. The third kappa shape index (κ3) is 4.38. The topological polar surface area (TPSA) is 64.4 Å². The molecule has 1 aromatic heterocycles. The van der Waals surface area contributed by atoms with Crippen LogP contribution in [0.5, 0.6) is 0 Å². The van der Waals surface area contributed by atoms with E-state index in [9.17, 15) is 4.79 Å². The van der Waals surface area contributed by atoms with Crippen LogP contribution in [0.25, 0.3) is 0 Å². The van der Waals surface area contributed by atoms with Gasteiger partial charge in [0, 0.05) is 6.07 Å². The molecule has 0 fully saturated rings. The van der Waals surface area contributed by atoms with Crippen molar-refractivity contribution in [1.82, 2.24) is 10.5 Å². The van der Waals surface area contributed by atoms with Gasteiger partial charge in [-0.1, -0.05) is 5.16 Å². The predicted octanol–water partition coefficient (Wildman–Crippen LogP) is 3.20. The Bertz CT molecular complexity index is 407. The minimum atomic E-state index is -0.679. The fourth-order valence-corrected chi connectivity index (χ4v) is 1.45. The third-order valence-electron chi connectivity index (χ3n) is 1.91. The number of hydrogen-bond acceptors (Lipinski definition) is 4. The van der Waals surface area contributed by atoms with Gasteiger partial charge in [-0.05, 0) is 50.5 Å². The Morgan fingerprint density at radius 3 is 2.41 bits per heavy atom. The number of nitrogens with zero attached hydrogens (tertiary/aromatic N) is 1. The summed E-state index contributed by atoms with van der Waals surface area (Å²) < 4.78 is 10.9. The van der Waals surface area contributed by atoms with Crippen LogP contribution in [-0.4, -0.2) is 16.9 Å². The summed E-state index contributed by atoms with van der Waals surface area (Å²) in [7, 11) is 0. The maximum atomic E-state index is 11.6. The second kappa shape index (κ2) is 4.68. The molecule has 1 amide bonds. The van der Waals surface area contributed by atoms with E-state index in [1.807, 2.05) is 34.6 Å². The Morgan fingerprint density at radius 2 is 2.00 bits per heavy atom. The van der Waals surface area contributed by atoms with Crippen molar-refractivity contribution in [3.63, 3.8) is 0 Å². The zero-order valence-electron chi connectivity index (χ0n) is 10.6. The first-order valence-corrected chi connectivity index (χ1v) is 6.03. The van der Waals surface area contributed by atoms with Crippen molar-refractivity contribution < 1.29 is 14.1 Å². The Labute approximate surface area is 109 Å². The molecule has 1 aromatic rings. The lowest BCUT2D eigenvalue weighted by atomic mass is 10.0. The Kier molecular flexibility index (Phi) is 3.86. The summed E-state index contributed by atoms with van der Waals surface area (Å²) in [6.45, 7) is 9.05. The molecular weight excluding hydrogens is 288 g/mol. The van der Waals surface area contributed by atoms with Crippen LogP contribution in [0.15, 0.2) is 15.2 Å². The van der Waals surface area contributed by atoms with E-state index >= 15 is 0 Å². The lowest BCUT2D eigenvalue weighted by Crippen LogP contribution is -2.43. The molecule has 0 radical (unpaired) electrons. The number of rotatable bonds is 2. The summed E-state index contributed by atoms with van der Waals surface area (Å²) in [6.07, 6.45) is -0.491. The summed E-state index contributed by atoms with van der Waals surface area (Å²) in [6, 6.07) is 1.71. The zero-order chi connectivity index (χ0) is 13.3. The molecule has 0 aliphatic rings. The molecule has 0 saturated carbocycles. The van der Waals surface area contributed by atoms with E-state index in [1.54, 1.807) is 6.07 Å². The van der Waals surface area contributed by atoms with E-state index in [2.05, 4.69) is 26.4 Å². The summed E-state index contributed by atoms with van der Waals surface area (Å²) in [5, 5.41) is 6.44. The molecule has 96 valence electrons. The van der Waals surface area contributed by atoms with Crippen LogP contribution >= 0.6 is 15.9 Å². The Hall–Kier alpha value is -1.04. The van der Waals surface area contributed by atoms with Gasteiger partial charge in [-0.15, -0.1) is 0 Å². The highest BCUT2D eigenvalue weighted by atomic mass is 79.9. The molecule has 0 saturated heterocycles. The highest BCUT2D eigenvalue weighted by Crippen LogP contribution is 2.23. The largest absolute Gasteiger partial charge is 0.444 e. The van der Waals surface area contributed by atoms with E-state index in [0.29, 0.717) is 10.4 Å². The van der Waals surface area contributed by atoms with Gasteiger partial charge < -0.3 is 14.6 Å². The monoisotopic (exact) mass is 304 g/mol. The van der Waals surface area contributed by atoms with Gasteiger partial charge in [-0.2, -0.15) is 0 Å². The van der Waals surface area contributed by atoms with E-state index in [1.165, 1.54) is 0 Å². The highest BCUT2D eigenvalue weighted by molar-refractivity contribution is 9.10. The molecule has 0 atom stereocenters. The van der Waals surface area contributed by atoms with Gasteiger partial charge in [0.25, 0.3) is 0 Å². The first-order chi connectivity index (χ1) is 7.60. The van der Waals surface area contributed by atoms with Crippen molar-refractivity contribution in [3.8, 4) is 0 Å². The minimum absolute atomic E-state index is 0.491. The average Bonchev–Trinajstić information content (AvgIpc) is 2.46. The number of ether oxygens (including phenoxy) is 1. The highest BCUT2D eigenvalue weighted by Gasteiger charge is 2.29. The number of amides is 1. The first-order valence-electron chi connectivity index (χ1n) is 5.24. The van der Waals surface area contributed by atoms with Gasteiger partial charge in [0.2, 0.25) is 0 Å². The zero-order valence-corrected chi connectivity index (χ0v) is 12.2. The molecule has 1 rings (SSSR count). The Morgan fingerprint density at radius 1 is 1.41 bits per heavy atom. The second-order valence-corrected chi connectivity index (χ2v) is 6.08. The first kappa shape index (κ1) is 14.0. The van der Waals surface area contributed by atoms with Crippen molar-refractivity contribution >= 4 is 22.0 Å². The van der Waals surface area contributed by atoms with Crippen molar-refractivity contribution in [2.75, 3.05) is 0 Å². The molecule has 0 aliphatic carbocycles. The molecule has 1 heterocycles. The molecule has 6 heteroatoms. The van der Waals surface area contributed by atoms with Gasteiger partial charge in [-0.25, -0.2) is 4.79 Å². The van der Waals surface area contributed by atoms with Crippen LogP contribution in [0.2, 0.25) is 0 Å². The van der Waals surface area contributed by atoms with E-state index < -0.39 is 17.2 Å². The van der Waals surface area contributed by atoms with Crippen LogP contribution in [0.4, 0.5) is 4.79 Å². The lowest BCUT2D eigenvalue weighted by Gasteiger charge is -2.26. The van der Waals surface area contributed by atoms with Gasteiger partial charge in [0.15, 0.2) is 5.76 Å². The number of hydrogen-bond donors (Lipinski definition) is 1. The van der Waals surface area contributed by atoms with Crippen molar-refractivity contribution in [1.29, 1.82) is 0 Å². The minimum Gasteiger partial charge on any atom is -0.444 e. The average molecular weight is 305 g/mol. The number of carbonyl (C=O) groups excluding carboxylic acids is 1. The molecule has 0 unspecified atom stereocenters. The molecule has 17 heavy (non-hydrogen) atoms. The van der Waals surface area contributed by atoms with Gasteiger partial charge >= 0.3 is 6.09 Å². The fraction of sp³-hybridized carbons (Fsp3) is 0.636. The van der Waals surface area contributed by atoms with Crippen molar-refractivity contribution in [2.45, 2.75) is 45.8 Å². The maximum absolute atomic E-state index is 11.6. The van der Waals surface area contributed by atoms with Gasteiger partial charge in [-0.3, -0.25) is 0 Å². The summed E-state index contributed by atoms with van der Waals surface area (Å²) in [5.74, 6) is 0.551. The molecule has 1 N–H and O–H groups in total. The number of halogens is 1. The number of carbonyl (C=O) groups is 1. The maximum Gasteiger partial charge on any atom is 0.408 e. The summed E-state index contributed by atoms with van der Waals surface area (Å²) in [5.41, 5.74) is -1.20. The predicted molar refractivity (Wildman–Crippen MR) is 66.6 cm³/mol. The van der Waals surface area contributed by atoms with Crippen LogP contribution in [0.1, 0.15) is 40.4 Å². The number of nitrogens with one attached hydrogen (secondary N) is 1. The normalized spacial score (nSPS) is 12.4. The van der Waals surface area contributed by atoms with Crippen LogP contribution in [-0.2, 0) is 10.3 Å². The molecule has 0 spiro atoms. The van der Waals surface area contributed by atoms with E-state index in [4.69, 9.17) is 9.26 Å². The molecule has 5 nitrogen and oxygen atoms in total. The standard InChI is InChI=1S/C11H17BrN2O3/c1-10(2,3)16-9(15)13-11(4,5)7-6-8(12)14-17-7/h6H,1-5H3,(H,13,15). The van der Waals surface area contributed by atoms with Gasteiger partial charge in [0.1, 0.15) is 10.2 Å². The fourth-order valence-electron chi connectivity index (χ4n) is 1.17. The van der Waals surface area contributed by atoms with Crippen LogP contribution in [0.3, 0.4) is 0 Å². The third-order valence-corrected chi connectivity index (χ3v) is 2.28. The Balaban J connectivity index is 2.70. The second-order valence-electron chi connectivity index (χ2n) is 5.27. The van der Waals surface area contributed by atoms with E-state index in [0.717, 1.165) is 0 Å². The quantitative estimate of drug-likeness (QED) is 0.911. The van der Waals surface area contributed by atoms with Crippen LogP contribution < -0.4 is 5.32 Å². The SMILES string of the molecule is CC(C)(C)OC(=O)NC(C)(C)c1cc(Br)no1. The molecule has 0 aromatic carbocycles. The smallest absolute Gasteiger partial charge is 0.408 e. The van der Waals surface area contributed by atoms with E-state index in [-0.39, 0.29) is 0 Å². The molecule has 0 aliphatic heterocycles. The molecular formula is C11H17BrN2O3. The van der Waals surface area contributed by atoms with Crippen molar-refractivity contribution in [2.24, 2.45) is 0 Å². The van der Waals surface area contributed by atoms with Crippen molar-refractivity contribution in [3.05, 3.63) is 16.4 Å².